The average molecular weight is 328 g/mol. The molecular weight excluding hydrogens is 296 g/mol. The highest BCUT2D eigenvalue weighted by Crippen LogP contribution is 2.25. The van der Waals surface area contributed by atoms with Gasteiger partial charge in [-0.1, -0.05) is 6.92 Å². The second-order valence-corrected chi connectivity index (χ2v) is 6.83. The lowest BCUT2D eigenvalue weighted by Crippen LogP contribution is -2.57. The molecule has 0 radical (unpaired) electrons. The number of nitrogens with zero attached hydrogens (tertiary/aromatic N) is 2. The Labute approximate surface area is 139 Å². The maximum absolute atomic E-state index is 12.0. The molecule has 0 aromatic heterocycles. The lowest BCUT2D eigenvalue weighted by atomic mass is 9.85. The number of aliphatic carboxylic acids is 1. The summed E-state index contributed by atoms with van der Waals surface area (Å²) in [4.78, 5) is 26.9. The molecule has 23 heavy (non-hydrogen) atoms. The van der Waals surface area contributed by atoms with Crippen LogP contribution in [0.1, 0.15) is 40.5 Å². The van der Waals surface area contributed by atoms with Crippen LogP contribution in [-0.4, -0.2) is 77.8 Å². The number of likely N-dealkylation sites (N-methyl/N-ethyl adjacent to an activating group) is 2. The van der Waals surface area contributed by atoms with Crippen molar-refractivity contribution in [3.8, 4) is 0 Å². The molecule has 1 saturated carbocycles. The number of hydrogen-bond donors (Lipinski definition) is 3. The van der Waals surface area contributed by atoms with Crippen molar-refractivity contribution in [3.05, 3.63) is 0 Å². The van der Waals surface area contributed by atoms with E-state index in [4.69, 9.17) is 5.11 Å². The summed E-state index contributed by atoms with van der Waals surface area (Å²) in [5, 5.41) is 14.8. The maximum atomic E-state index is 12.0. The molecule has 0 spiro atoms. The van der Waals surface area contributed by atoms with Crippen LogP contribution in [0.5, 0.6) is 0 Å². The largest absolute Gasteiger partial charge is 0.480 e. The third kappa shape index (κ3) is 6.74. The van der Waals surface area contributed by atoms with Crippen LogP contribution < -0.4 is 10.6 Å². The van der Waals surface area contributed by atoms with Gasteiger partial charge < -0.3 is 20.6 Å². The Morgan fingerprint density at radius 3 is 2.35 bits per heavy atom. The van der Waals surface area contributed by atoms with Gasteiger partial charge in [0.25, 0.3) is 0 Å². The predicted molar refractivity (Wildman–Crippen MR) is 90.6 cm³/mol. The molecule has 0 unspecified atom stereocenters. The first-order chi connectivity index (χ1) is 10.7. The first kappa shape index (κ1) is 19.7. The van der Waals surface area contributed by atoms with Gasteiger partial charge in [-0.25, -0.2) is 4.79 Å². The predicted octanol–water partition coefficient (Wildman–Crippen LogP) is 0.952. The number of hydrogen-bond acceptors (Lipinski definition) is 4. The van der Waals surface area contributed by atoms with Crippen molar-refractivity contribution < 1.29 is 14.7 Å². The van der Waals surface area contributed by atoms with Crippen LogP contribution in [0.25, 0.3) is 0 Å². The van der Waals surface area contributed by atoms with Gasteiger partial charge in [0.15, 0.2) is 0 Å². The minimum atomic E-state index is -0.802. The average Bonchev–Trinajstić information content (AvgIpc) is 2.39. The van der Waals surface area contributed by atoms with Crippen LogP contribution in [0.4, 0.5) is 4.79 Å². The third-order valence-electron chi connectivity index (χ3n) is 4.53. The SMILES string of the molecule is CCN(CC(=O)O)C1CC(NC(=O)N[C@@H](C)CN(C)C(C)C)C1. The third-order valence-corrected chi connectivity index (χ3v) is 4.53. The Morgan fingerprint density at radius 2 is 1.87 bits per heavy atom. The minimum absolute atomic E-state index is 0.0681. The first-order valence-electron chi connectivity index (χ1n) is 8.46. The van der Waals surface area contributed by atoms with Gasteiger partial charge in [0.1, 0.15) is 0 Å². The number of amides is 2. The van der Waals surface area contributed by atoms with Crippen molar-refractivity contribution >= 4 is 12.0 Å². The molecule has 0 aromatic carbocycles. The fourth-order valence-electron chi connectivity index (χ4n) is 2.82. The molecule has 2 amide bonds. The number of carbonyl (C=O) groups is 2. The topological polar surface area (TPSA) is 84.9 Å². The van der Waals surface area contributed by atoms with Crippen molar-refractivity contribution in [1.82, 2.24) is 20.4 Å². The summed E-state index contributed by atoms with van der Waals surface area (Å²) in [5.74, 6) is -0.802. The van der Waals surface area contributed by atoms with E-state index in [0.717, 1.165) is 19.4 Å². The second-order valence-electron chi connectivity index (χ2n) is 6.83. The van der Waals surface area contributed by atoms with Gasteiger partial charge in [-0.3, -0.25) is 9.69 Å². The molecular formula is C16H32N4O3. The Hall–Kier alpha value is -1.34. The van der Waals surface area contributed by atoms with Crippen molar-refractivity contribution in [2.24, 2.45) is 0 Å². The second kappa shape index (κ2) is 9.08. The van der Waals surface area contributed by atoms with Gasteiger partial charge in [0.05, 0.1) is 6.54 Å². The fourth-order valence-corrected chi connectivity index (χ4v) is 2.82. The molecule has 3 N–H and O–H groups in total. The summed E-state index contributed by atoms with van der Waals surface area (Å²) in [6.45, 7) is 9.79. The van der Waals surface area contributed by atoms with E-state index >= 15 is 0 Å². The highest BCUT2D eigenvalue weighted by atomic mass is 16.4. The Morgan fingerprint density at radius 1 is 1.26 bits per heavy atom. The smallest absolute Gasteiger partial charge is 0.317 e. The van der Waals surface area contributed by atoms with Gasteiger partial charge in [-0.05, 0) is 47.2 Å². The number of urea groups is 1. The van der Waals surface area contributed by atoms with Gasteiger partial charge in [0, 0.05) is 30.7 Å². The van der Waals surface area contributed by atoms with E-state index in [0.29, 0.717) is 12.6 Å². The van der Waals surface area contributed by atoms with Gasteiger partial charge in [-0.15, -0.1) is 0 Å². The quantitative estimate of drug-likeness (QED) is 0.587. The molecule has 0 saturated heterocycles. The van der Waals surface area contributed by atoms with Crippen molar-refractivity contribution in [3.63, 3.8) is 0 Å². The number of nitrogens with one attached hydrogen (secondary N) is 2. The molecule has 1 aliphatic carbocycles. The molecule has 1 atom stereocenters. The molecule has 1 fully saturated rings. The normalized spacial score (nSPS) is 22.1. The Bertz CT molecular complexity index is 397. The van der Waals surface area contributed by atoms with Crippen molar-refractivity contribution in [2.75, 3.05) is 26.7 Å². The van der Waals surface area contributed by atoms with E-state index in [2.05, 4.69) is 29.4 Å². The van der Waals surface area contributed by atoms with E-state index < -0.39 is 5.97 Å². The minimum Gasteiger partial charge on any atom is -0.480 e. The van der Waals surface area contributed by atoms with Gasteiger partial charge in [0.2, 0.25) is 0 Å². The lowest BCUT2D eigenvalue weighted by molar-refractivity contribution is -0.139. The lowest BCUT2D eigenvalue weighted by Gasteiger charge is -2.42. The highest BCUT2D eigenvalue weighted by Gasteiger charge is 2.34. The monoisotopic (exact) mass is 328 g/mol. The summed E-state index contributed by atoms with van der Waals surface area (Å²) in [6.07, 6.45) is 1.63. The zero-order chi connectivity index (χ0) is 17.6. The van der Waals surface area contributed by atoms with E-state index in [9.17, 15) is 9.59 Å². The Balaban J connectivity index is 2.26. The fraction of sp³-hybridized carbons (Fsp3) is 0.875. The summed E-state index contributed by atoms with van der Waals surface area (Å²) >= 11 is 0. The molecule has 0 bridgehead atoms. The number of carboxylic acids is 1. The van der Waals surface area contributed by atoms with E-state index in [1.54, 1.807) is 0 Å². The standard InChI is InChI=1S/C16H32N4O3/c1-6-20(10-15(21)22)14-7-13(8-14)18-16(23)17-12(4)9-19(5)11(2)3/h11-14H,6-10H2,1-5H3,(H,21,22)(H2,17,18,23)/t12-,13?,14?/m0/s1. The van der Waals surface area contributed by atoms with Crippen LogP contribution >= 0.6 is 0 Å². The van der Waals surface area contributed by atoms with Crippen molar-refractivity contribution in [1.29, 1.82) is 0 Å². The first-order valence-corrected chi connectivity index (χ1v) is 8.46. The molecule has 7 heteroatoms. The van der Waals surface area contributed by atoms with Crippen LogP contribution in [-0.2, 0) is 4.79 Å². The van der Waals surface area contributed by atoms with Crippen LogP contribution in [0, 0.1) is 0 Å². The van der Waals surface area contributed by atoms with E-state index in [1.165, 1.54) is 0 Å². The zero-order valence-corrected chi connectivity index (χ0v) is 15.0. The summed E-state index contributed by atoms with van der Waals surface area (Å²) in [6, 6.07) is 0.782. The van der Waals surface area contributed by atoms with Gasteiger partial charge >= 0.3 is 12.0 Å². The maximum Gasteiger partial charge on any atom is 0.317 e. The summed E-state index contributed by atoms with van der Waals surface area (Å²) in [7, 11) is 2.04. The van der Waals surface area contributed by atoms with Crippen molar-refractivity contribution in [2.45, 2.75) is 64.7 Å². The molecule has 7 nitrogen and oxygen atoms in total. The molecule has 1 aliphatic rings. The zero-order valence-electron chi connectivity index (χ0n) is 15.0. The van der Waals surface area contributed by atoms with E-state index in [1.807, 2.05) is 25.8 Å². The van der Waals surface area contributed by atoms with Crippen LogP contribution in [0.15, 0.2) is 0 Å². The summed E-state index contributed by atoms with van der Waals surface area (Å²) in [5.41, 5.74) is 0. The van der Waals surface area contributed by atoms with Crippen LogP contribution in [0.2, 0.25) is 0 Å². The summed E-state index contributed by atoms with van der Waals surface area (Å²) < 4.78 is 0. The number of carbonyl (C=O) groups excluding carboxylic acids is 1. The Kier molecular flexibility index (Phi) is 7.78. The molecule has 134 valence electrons. The number of rotatable bonds is 9. The van der Waals surface area contributed by atoms with E-state index in [-0.39, 0.29) is 30.7 Å². The number of carboxylic acid groups (broad SMARTS) is 1. The van der Waals surface area contributed by atoms with Crippen LogP contribution in [0.3, 0.4) is 0 Å². The molecule has 0 heterocycles. The molecule has 1 rings (SSSR count). The highest BCUT2D eigenvalue weighted by molar-refractivity contribution is 5.74. The molecule has 0 aliphatic heterocycles. The molecule has 0 aromatic rings. The van der Waals surface area contributed by atoms with Gasteiger partial charge in [-0.2, -0.15) is 0 Å².